The van der Waals surface area contributed by atoms with Gasteiger partial charge in [0.1, 0.15) is 0 Å². The van der Waals surface area contributed by atoms with Gasteiger partial charge in [-0.3, -0.25) is 19.6 Å². The summed E-state index contributed by atoms with van der Waals surface area (Å²) in [5.41, 5.74) is 2.09. The summed E-state index contributed by atoms with van der Waals surface area (Å²) >= 11 is 0. The number of nitrogens with zero attached hydrogens (tertiary/aromatic N) is 2. The van der Waals surface area contributed by atoms with Crippen LogP contribution in [0.3, 0.4) is 0 Å². The van der Waals surface area contributed by atoms with Crippen LogP contribution in [0, 0.1) is 0 Å². The Morgan fingerprint density at radius 1 is 1.37 bits per heavy atom. The first-order chi connectivity index (χ1) is 9.09. The lowest BCUT2D eigenvalue weighted by Crippen LogP contribution is -2.36. The summed E-state index contributed by atoms with van der Waals surface area (Å²) in [5, 5.41) is 12.3. The van der Waals surface area contributed by atoms with Crippen molar-refractivity contribution in [3.8, 4) is 0 Å². The van der Waals surface area contributed by atoms with Crippen LogP contribution in [0.2, 0.25) is 0 Å². The zero-order chi connectivity index (χ0) is 13.8. The first-order valence-corrected chi connectivity index (χ1v) is 6.43. The number of aryl methyl sites for hydroxylation is 1. The second-order valence-corrected chi connectivity index (χ2v) is 4.67. The van der Waals surface area contributed by atoms with E-state index in [1.165, 1.54) is 0 Å². The monoisotopic (exact) mass is 262 g/mol. The minimum absolute atomic E-state index is 0.111. The Morgan fingerprint density at radius 2 is 2.11 bits per heavy atom. The van der Waals surface area contributed by atoms with Gasteiger partial charge >= 0.3 is 5.97 Å². The molecule has 1 N–H and O–H groups in total. The highest BCUT2D eigenvalue weighted by Gasteiger charge is 2.26. The predicted molar refractivity (Wildman–Crippen MR) is 71.7 cm³/mol. The van der Waals surface area contributed by atoms with Crippen molar-refractivity contribution in [1.29, 1.82) is 0 Å². The van der Waals surface area contributed by atoms with E-state index in [1.54, 1.807) is 12.1 Å². The second kappa shape index (κ2) is 5.73. The summed E-state index contributed by atoms with van der Waals surface area (Å²) in [5.74, 6) is -0.661. The lowest BCUT2D eigenvalue weighted by atomic mass is 10.1. The van der Waals surface area contributed by atoms with Crippen LogP contribution in [-0.4, -0.2) is 35.6 Å². The minimum atomic E-state index is -0.772. The molecule has 1 fully saturated rings. The number of hydrazine groups is 1. The number of carbonyl (C=O) groups is 2. The Morgan fingerprint density at radius 3 is 2.74 bits per heavy atom. The molecule has 0 atom stereocenters. The van der Waals surface area contributed by atoms with Crippen molar-refractivity contribution in [3.05, 3.63) is 29.8 Å². The summed E-state index contributed by atoms with van der Waals surface area (Å²) in [6, 6.07) is 7.85. The minimum Gasteiger partial charge on any atom is -0.481 e. The number of para-hydroxylation sites is 1. The molecular weight excluding hydrogens is 244 g/mol. The van der Waals surface area contributed by atoms with Crippen molar-refractivity contribution in [3.63, 3.8) is 0 Å². The fourth-order valence-corrected chi connectivity index (χ4v) is 2.33. The third kappa shape index (κ3) is 3.05. The number of amides is 1. The number of benzene rings is 1. The Labute approximate surface area is 112 Å². The Balaban J connectivity index is 2.12. The van der Waals surface area contributed by atoms with Crippen LogP contribution in [0.1, 0.15) is 24.8 Å². The smallest absolute Gasteiger partial charge is 0.303 e. The summed E-state index contributed by atoms with van der Waals surface area (Å²) in [7, 11) is 1.77. The van der Waals surface area contributed by atoms with Gasteiger partial charge in [0.25, 0.3) is 0 Å². The topological polar surface area (TPSA) is 60.9 Å². The fraction of sp³-hybridized carbons (Fsp3) is 0.429. The van der Waals surface area contributed by atoms with E-state index in [0.717, 1.165) is 11.3 Å². The average Bonchev–Trinajstić information content (AvgIpc) is 2.70. The summed E-state index contributed by atoms with van der Waals surface area (Å²) in [6.07, 6.45) is 2.02. The summed E-state index contributed by atoms with van der Waals surface area (Å²) in [4.78, 5) is 22.1. The molecule has 19 heavy (non-hydrogen) atoms. The number of hydrogen-bond donors (Lipinski definition) is 1. The molecule has 102 valence electrons. The molecule has 0 bridgehead atoms. The van der Waals surface area contributed by atoms with Gasteiger partial charge in [0.2, 0.25) is 5.91 Å². The molecule has 5 heteroatoms. The maximum atomic E-state index is 11.6. The largest absolute Gasteiger partial charge is 0.481 e. The molecule has 1 aromatic carbocycles. The SMILES string of the molecule is CN1C(=O)CCN1c1ccccc1CCCC(=O)O. The molecule has 0 saturated carbocycles. The van der Waals surface area contributed by atoms with Crippen LogP contribution in [0.5, 0.6) is 0 Å². The first kappa shape index (κ1) is 13.4. The van der Waals surface area contributed by atoms with E-state index in [1.807, 2.05) is 29.3 Å². The zero-order valence-electron chi connectivity index (χ0n) is 11.0. The van der Waals surface area contributed by atoms with Crippen LogP contribution in [-0.2, 0) is 16.0 Å². The van der Waals surface area contributed by atoms with Gasteiger partial charge in [0.05, 0.1) is 5.69 Å². The van der Waals surface area contributed by atoms with E-state index >= 15 is 0 Å². The summed E-state index contributed by atoms with van der Waals surface area (Å²) < 4.78 is 0. The first-order valence-electron chi connectivity index (χ1n) is 6.43. The molecule has 0 aromatic heterocycles. The van der Waals surface area contributed by atoms with E-state index in [-0.39, 0.29) is 12.3 Å². The van der Waals surface area contributed by atoms with E-state index in [9.17, 15) is 9.59 Å². The van der Waals surface area contributed by atoms with E-state index < -0.39 is 5.97 Å². The number of hydrogen-bond acceptors (Lipinski definition) is 3. The number of rotatable bonds is 5. The standard InChI is InChI=1S/C14H18N2O3/c1-15-13(17)9-10-16(15)12-7-3-2-5-11(12)6-4-8-14(18)19/h2-3,5,7H,4,6,8-10H2,1H3,(H,18,19). The number of carbonyl (C=O) groups excluding carboxylic acids is 1. The van der Waals surface area contributed by atoms with Gasteiger partial charge < -0.3 is 5.11 Å². The molecule has 1 aromatic rings. The summed E-state index contributed by atoms with van der Waals surface area (Å²) in [6.45, 7) is 0.686. The molecular formula is C14H18N2O3. The molecule has 2 rings (SSSR count). The second-order valence-electron chi connectivity index (χ2n) is 4.67. The highest BCUT2D eigenvalue weighted by Crippen LogP contribution is 2.26. The third-order valence-corrected chi connectivity index (χ3v) is 3.37. The quantitative estimate of drug-likeness (QED) is 0.877. The van der Waals surface area contributed by atoms with E-state index in [0.29, 0.717) is 25.8 Å². The van der Waals surface area contributed by atoms with Gasteiger partial charge in [-0.1, -0.05) is 18.2 Å². The number of aliphatic carboxylic acids is 1. The molecule has 1 amide bonds. The number of carboxylic acid groups (broad SMARTS) is 1. The molecule has 1 saturated heterocycles. The van der Waals surface area contributed by atoms with Crippen molar-refractivity contribution in [2.24, 2.45) is 0 Å². The maximum absolute atomic E-state index is 11.6. The van der Waals surface area contributed by atoms with Crippen molar-refractivity contribution in [1.82, 2.24) is 5.01 Å². The Hall–Kier alpha value is -2.04. The molecule has 0 spiro atoms. The van der Waals surface area contributed by atoms with Crippen LogP contribution < -0.4 is 5.01 Å². The Kier molecular flexibility index (Phi) is 4.04. The van der Waals surface area contributed by atoms with Crippen molar-refractivity contribution in [2.75, 3.05) is 18.6 Å². The fourth-order valence-electron chi connectivity index (χ4n) is 2.33. The van der Waals surface area contributed by atoms with Crippen LogP contribution in [0.4, 0.5) is 5.69 Å². The van der Waals surface area contributed by atoms with Gasteiger partial charge in [-0.15, -0.1) is 0 Å². The lowest BCUT2D eigenvalue weighted by molar-refractivity contribution is -0.137. The van der Waals surface area contributed by atoms with Crippen molar-refractivity contribution >= 4 is 17.6 Å². The number of anilines is 1. The molecule has 0 aliphatic carbocycles. The molecule has 1 aliphatic heterocycles. The highest BCUT2D eigenvalue weighted by molar-refractivity contribution is 5.81. The van der Waals surface area contributed by atoms with E-state index in [4.69, 9.17) is 5.11 Å². The molecule has 1 heterocycles. The normalized spacial score (nSPS) is 15.1. The molecule has 5 nitrogen and oxygen atoms in total. The van der Waals surface area contributed by atoms with Crippen molar-refractivity contribution in [2.45, 2.75) is 25.7 Å². The molecule has 0 unspecified atom stereocenters. The lowest BCUT2D eigenvalue weighted by Gasteiger charge is -2.28. The van der Waals surface area contributed by atoms with Crippen molar-refractivity contribution < 1.29 is 14.7 Å². The number of carboxylic acids is 1. The molecule has 0 radical (unpaired) electrons. The van der Waals surface area contributed by atoms with E-state index in [2.05, 4.69) is 0 Å². The zero-order valence-corrected chi connectivity index (χ0v) is 11.0. The van der Waals surface area contributed by atoms with Crippen LogP contribution in [0.25, 0.3) is 0 Å². The van der Waals surface area contributed by atoms with Gasteiger partial charge in [-0.05, 0) is 24.5 Å². The Bertz CT molecular complexity index is 487. The average molecular weight is 262 g/mol. The maximum Gasteiger partial charge on any atom is 0.303 e. The predicted octanol–water partition coefficient (Wildman–Crippen LogP) is 1.68. The third-order valence-electron chi connectivity index (χ3n) is 3.37. The van der Waals surface area contributed by atoms with Gasteiger partial charge in [0, 0.05) is 26.4 Å². The van der Waals surface area contributed by atoms with Gasteiger partial charge in [-0.2, -0.15) is 0 Å². The van der Waals surface area contributed by atoms with Crippen LogP contribution in [0.15, 0.2) is 24.3 Å². The van der Waals surface area contributed by atoms with Gasteiger partial charge in [-0.25, -0.2) is 0 Å². The molecule has 1 aliphatic rings. The highest BCUT2D eigenvalue weighted by atomic mass is 16.4. The van der Waals surface area contributed by atoms with Gasteiger partial charge in [0.15, 0.2) is 0 Å². The van der Waals surface area contributed by atoms with Crippen LogP contribution >= 0.6 is 0 Å².